The average Bonchev–Trinajstić information content (AvgIpc) is 2.32. The molecule has 0 aliphatic carbocycles. The minimum atomic E-state index is -0.797. The fourth-order valence-electron chi connectivity index (χ4n) is 2.58. The van der Waals surface area contributed by atoms with Gasteiger partial charge in [-0.2, -0.15) is 0 Å². The number of nitrogens with one attached hydrogen (secondary N) is 1. The predicted molar refractivity (Wildman–Crippen MR) is 72.1 cm³/mol. The first kappa shape index (κ1) is 15.0. The molecule has 18 heavy (non-hydrogen) atoms. The van der Waals surface area contributed by atoms with E-state index in [0.29, 0.717) is 6.42 Å². The van der Waals surface area contributed by atoms with Gasteiger partial charge in [-0.25, -0.2) is 0 Å². The highest BCUT2D eigenvalue weighted by Crippen LogP contribution is 2.32. The Morgan fingerprint density at radius 3 is 2.11 bits per heavy atom. The van der Waals surface area contributed by atoms with E-state index >= 15 is 0 Å². The number of carbonyl (C=O) groups excluding carboxylic acids is 2. The maximum Gasteiger partial charge on any atom is 0.248 e. The van der Waals surface area contributed by atoms with Crippen molar-refractivity contribution in [3.8, 4) is 0 Å². The normalized spacial score (nSPS) is 24.1. The molecule has 4 nitrogen and oxygen atoms in total. The van der Waals surface area contributed by atoms with E-state index in [2.05, 4.69) is 26.1 Å². The van der Waals surface area contributed by atoms with E-state index in [4.69, 9.17) is 0 Å². The van der Waals surface area contributed by atoms with E-state index in [9.17, 15) is 9.59 Å². The van der Waals surface area contributed by atoms with Gasteiger partial charge in [-0.15, -0.1) is 0 Å². The highest BCUT2D eigenvalue weighted by atomic mass is 16.2. The minimum absolute atomic E-state index is 0.0279. The number of rotatable bonds is 4. The van der Waals surface area contributed by atoms with Crippen molar-refractivity contribution in [2.75, 3.05) is 0 Å². The van der Waals surface area contributed by atoms with Gasteiger partial charge >= 0.3 is 0 Å². The van der Waals surface area contributed by atoms with Crippen LogP contribution in [-0.4, -0.2) is 33.8 Å². The van der Waals surface area contributed by atoms with E-state index in [0.717, 1.165) is 12.8 Å². The fourth-order valence-corrected chi connectivity index (χ4v) is 2.58. The van der Waals surface area contributed by atoms with Crippen molar-refractivity contribution in [2.24, 2.45) is 0 Å². The third kappa shape index (κ3) is 2.25. The molecule has 1 saturated heterocycles. The largest absolute Gasteiger partial charge is 0.340 e. The van der Waals surface area contributed by atoms with E-state index in [1.165, 1.54) is 0 Å². The molecule has 2 amide bonds. The molecule has 104 valence electrons. The summed E-state index contributed by atoms with van der Waals surface area (Å²) in [5.41, 5.74) is -1.04. The third-order valence-electron chi connectivity index (χ3n) is 4.30. The summed E-state index contributed by atoms with van der Waals surface area (Å²) in [5.74, 6) is -0.00428. The molecular weight excluding hydrogens is 228 g/mol. The van der Waals surface area contributed by atoms with E-state index in [1.54, 1.807) is 13.8 Å². The van der Waals surface area contributed by atoms with E-state index < -0.39 is 5.54 Å². The molecule has 0 radical (unpaired) electrons. The van der Waals surface area contributed by atoms with E-state index in [-0.39, 0.29) is 23.4 Å². The Bertz CT molecular complexity index is 346. The van der Waals surface area contributed by atoms with Crippen molar-refractivity contribution >= 4 is 11.8 Å². The van der Waals surface area contributed by atoms with Crippen LogP contribution in [0.25, 0.3) is 0 Å². The lowest BCUT2D eigenvalue weighted by atomic mass is 9.85. The maximum absolute atomic E-state index is 12.6. The molecule has 0 aromatic carbocycles. The number of carbonyl (C=O) groups is 2. The molecule has 1 unspecified atom stereocenters. The molecule has 4 heteroatoms. The maximum atomic E-state index is 12.6. The summed E-state index contributed by atoms with van der Waals surface area (Å²) in [6.45, 7) is 11.7. The van der Waals surface area contributed by atoms with Crippen molar-refractivity contribution in [1.82, 2.24) is 10.2 Å². The second kappa shape index (κ2) is 4.90. The van der Waals surface area contributed by atoms with Gasteiger partial charge in [-0.05, 0) is 40.0 Å². The predicted octanol–water partition coefficient (Wildman–Crippen LogP) is 2.08. The molecule has 0 bridgehead atoms. The summed E-state index contributed by atoms with van der Waals surface area (Å²) >= 11 is 0. The minimum Gasteiger partial charge on any atom is -0.340 e. The summed E-state index contributed by atoms with van der Waals surface area (Å²) < 4.78 is 0. The second-order valence-electron chi connectivity index (χ2n) is 5.92. The van der Waals surface area contributed by atoms with Crippen LogP contribution in [0.3, 0.4) is 0 Å². The molecule has 1 aliphatic heterocycles. The zero-order valence-corrected chi connectivity index (χ0v) is 12.5. The lowest BCUT2D eigenvalue weighted by Crippen LogP contribution is -2.72. The summed E-state index contributed by atoms with van der Waals surface area (Å²) in [6.07, 6.45) is 2.37. The van der Waals surface area contributed by atoms with Crippen LogP contribution in [0, 0.1) is 0 Å². The second-order valence-corrected chi connectivity index (χ2v) is 5.92. The van der Waals surface area contributed by atoms with Gasteiger partial charge in [0.2, 0.25) is 11.8 Å². The van der Waals surface area contributed by atoms with Gasteiger partial charge in [0.1, 0.15) is 11.6 Å². The quantitative estimate of drug-likeness (QED) is 0.835. The van der Waals surface area contributed by atoms with Crippen LogP contribution in [0.15, 0.2) is 0 Å². The van der Waals surface area contributed by atoms with Crippen molar-refractivity contribution in [2.45, 2.75) is 77.9 Å². The molecular formula is C14H26N2O2. The number of hydrogen-bond donors (Lipinski definition) is 1. The molecule has 1 fully saturated rings. The summed E-state index contributed by atoms with van der Waals surface area (Å²) in [7, 11) is 0. The molecule has 1 atom stereocenters. The Labute approximate surface area is 110 Å². The van der Waals surface area contributed by atoms with Crippen molar-refractivity contribution < 1.29 is 9.59 Å². The fraction of sp³-hybridized carbons (Fsp3) is 0.857. The SMILES string of the molecule is CCC1C(=O)NC(C)(C)C(=O)N1C(C)(CC)CC. The zero-order chi connectivity index (χ0) is 14.1. The topological polar surface area (TPSA) is 49.4 Å². The number of amides is 2. The molecule has 1 heterocycles. The Morgan fingerprint density at radius 2 is 1.72 bits per heavy atom. The van der Waals surface area contributed by atoms with Crippen LogP contribution in [-0.2, 0) is 9.59 Å². The molecule has 0 spiro atoms. The van der Waals surface area contributed by atoms with Crippen LogP contribution in [0.1, 0.15) is 60.8 Å². The zero-order valence-electron chi connectivity index (χ0n) is 12.5. The highest BCUT2D eigenvalue weighted by molar-refractivity contribution is 5.99. The molecule has 0 aromatic rings. The first-order valence-electron chi connectivity index (χ1n) is 6.89. The molecule has 1 rings (SSSR count). The van der Waals surface area contributed by atoms with Crippen LogP contribution in [0.4, 0.5) is 0 Å². The summed E-state index contributed by atoms with van der Waals surface area (Å²) in [6, 6.07) is -0.338. The van der Waals surface area contributed by atoms with Crippen LogP contribution in [0.2, 0.25) is 0 Å². The molecule has 1 aliphatic rings. The Balaban J connectivity index is 3.24. The molecule has 0 saturated carbocycles. The summed E-state index contributed by atoms with van der Waals surface area (Å²) in [4.78, 5) is 26.6. The van der Waals surface area contributed by atoms with Crippen LogP contribution >= 0.6 is 0 Å². The summed E-state index contributed by atoms with van der Waals surface area (Å²) in [5, 5.41) is 2.83. The van der Waals surface area contributed by atoms with Gasteiger partial charge in [-0.3, -0.25) is 9.59 Å². The van der Waals surface area contributed by atoms with Gasteiger partial charge in [0, 0.05) is 5.54 Å². The Hall–Kier alpha value is -1.06. The van der Waals surface area contributed by atoms with Gasteiger partial charge in [0.05, 0.1) is 0 Å². The lowest BCUT2D eigenvalue weighted by Gasteiger charge is -2.51. The van der Waals surface area contributed by atoms with Gasteiger partial charge in [0.25, 0.3) is 0 Å². The number of nitrogens with zero attached hydrogens (tertiary/aromatic N) is 1. The first-order valence-corrected chi connectivity index (χ1v) is 6.89. The number of hydrogen-bond acceptors (Lipinski definition) is 2. The first-order chi connectivity index (χ1) is 8.23. The van der Waals surface area contributed by atoms with Gasteiger partial charge in [-0.1, -0.05) is 20.8 Å². The standard InChI is InChI=1S/C14H26N2O2/c1-7-10-11(17)15-13(4,5)12(18)16(10)14(6,8-2)9-3/h10H,7-9H2,1-6H3,(H,15,17). The highest BCUT2D eigenvalue weighted by Gasteiger charge is 2.49. The van der Waals surface area contributed by atoms with E-state index in [1.807, 2.05) is 11.8 Å². The molecule has 1 N–H and O–H groups in total. The van der Waals surface area contributed by atoms with Gasteiger partial charge < -0.3 is 10.2 Å². The van der Waals surface area contributed by atoms with Crippen LogP contribution in [0.5, 0.6) is 0 Å². The van der Waals surface area contributed by atoms with Gasteiger partial charge in [0.15, 0.2) is 0 Å². The van der Waals surface area contributed by atoms with Crippen LogP contribution < -0.4 is 5.32 Å². The Kier molecular flexibility index (Phi) is 4.08. The van der Waals surface area contributed by atoms with Crippen molar-refractivity contribution in [1.29, 1.82) is 0 Å². The average molecular weight is 254 g/mol. The van der Waals surface area contributed by atoms with Crippen molar-refractivity contribution in [3.05, 3.63) is 0 Å². The van der Waals surface area contributed by atoms with Crippen molar-refractivity contribution in [3.63, 3.8) is 0 Å². The number of piperazine rings is 1. The smallest absolute Gasteiger partial charge is 0.248 e. The molecule has 0 aromatic heterocycles. The third-order valence-corrected chi connectivity index (χ3v) is 4.30. The monoisotopic (exact) mass is 254 g/mol. The lowest BCUT2D eigenvalue weighted by molar-refractivity contribution is -0.161. The Morgan fingerprint density at radius 1 is 1.22 bits per heavy atom.